The van der Waals surface area contributed by atoms with E-state index in [-0.39, 0.29) is 22.7 Å². The summed E-state index contributed by atoms with van der Waals surface area (Å²) in [6.45, 7) is 4.10. The number of esters is 1. The van der Waals surface area contributed by atoms with Crippen molar-refractivity contribution in [3.63, 3.8) is 0 Å². The first-order chi connectivity index (χ1) is 17.9. The normalized spacial score (nSPS) is 25.8. The van der Waals surface area contributed by atoms with Gasteiger partial charge in [0.15, 0.2) is 17.7 Å². The molecule has 6 atom stereocenters. The third kappa shape index (κ3) is 5.90. The van der Waals surface area contributed by atoms with Crippen LogP contribution >= 0.6 is 19.3 Å². The summed E-state index contributed by atoms with van der Waals surface area (Å²) in [4.78, 5) is 24.2. The van der Waals surface area contributed by atoms with Crippen LogP contribution in [0.25, 0.3) is 11.2 Å². The number of benzene rings is 1. The maximum Gasteiger partial charge on any atom is 0.459 e. The topological polar surface area (TPSA) is 173 Å². The van der Waals surface area contributed by atoms with E-state index < -0.39 is 56.0 Å². The molecule has 1 saturated heterocycles. The first-order valence-corrected chi connectivity index (χ1v) is 13.4. The molecule has 0 bridgehead atoms. The molecule has 0 radical (unpaired) electrons. The lowest BCUT2D eigenvalue weighted by Crippen LogP contribution is -2.40. The molecule has 0 spiro atoms. The Morgan fingerprint density at radius 3 is 2.71 bits per heavy atom. The Morgan fingerprint density at radius 2 is 2.03 bits per heavy atom. The molecule has 0 amide bonds. The Bertz CT molecular complexity index is 1330. The molecule has 3 heterocycles. The molecule has 4 N–H and O–H groups in total. The summed E-state index contributed by atoms with van der Waals surface area (Å²) in [5.41, 5.74) is 6.09. The Morgan fingerprint density at radius 1 is 1.32 bits per heavy atom. The van der Waals surface area contributed by atoms with Gasteiger partial charge in [0.1, 0.15) is 35.8 Å². The second-order valence-electron chi connectivity index (χ2n) is 8.76. The van der Waals surface area contributed by atoms with Gasteiger partial charge in [0.25, 0.3) is 5.13 Å². The molecule has 0 aliphatic carbocycles. The lowest BCUT2D eigenvalue weighted by Gasteiger charge is -2.25. The van der Waals surface area contributed by atoms with E-state index in [4.69, 9.17) is 35.9 Å². The van der Waals surface area contributed by atoms with Gasteiger partial charge in [-0.1, -0.05) is 29.8 Å². The number of aliphatic hydroxyl groups excluding tert-OH is 1. The van der Waals surface area contributed by atoms with E-state index >= 15 is 4.39 Å². The van der Waals surface area contributed by atoms with Gasteiger partial charge < -0.3 is 24.8 Å². The molecule has 16 heteroatoms. The number of anilines is 1. The zero-order valence-corrected chi connectivity index (χ0v) is 22.3. The summed E-state index contributed by atoms with van der Waals surface area (Å²) in [7, 11) is -4.30. The number of para-hydroxylation sites is 1. The van der Waals surface area contributed by atoms with Crippen molar-refractivity contribution in [1.82, 2.24) is 24.6 Å². The third-order valence-corrected chi connectivity index (χ3v) is 7.51. The van der Waals surface area contributed by atoms with Gasteiger partial charge in [-0.25, -0.2) is 23.9 Å². The molecular formula is C22H27ClFN6O7P. The van der Waals surface area contributed by atoms with Crippen molar-refractivity contribution < 1.29 is 37.4 Å². The molecule has 2 aromatic heterocycles. The minimum absolute atomic E-state index is 0.0568. The van der Waals surface area contributed by atoms with Crippen LogP contribution in [0.4, 0.5) is 10.2 Å². The van der Waals surface area contributed by atoms with Gasteiger partial charge in [-0.2, -0.15) is 5.09 Å². The van der Waals surface area contributed by atoms with Gasteiger partial charge in [0.2, 0.25) is 0 Å². The van der Waals surface area contributed by atoms with Gasteiger partial charge in [0.05, 0.1) is 19.0 Å². The molecular weight excluding hydrogens is 546 g/mol. The van der Waals surface area contributed by atoms with Crippen molar-refractivity contribution in [3.8, 4) is 5.75 Å². The van der Waals surface area contributed by atoms with Crippen LogP contribution in [-0.4, -0.2) is 66.7 Å². The van der Waals surface area contributed by atoms with Crippen LogP contribution in [0.2, 0.25) is 0 Å². The molecule has 13 nitrogen and oxygen atoms in total. The van der Waals surface area contributed by atoms with Crippen molar-refractivity contribution in [2.45, 2.75) is 56.5 Å². The first-order valence-electron chi connectivity index (χ1n) is 11.5. The van der Waals surface area contributed by atoms with Crippen LogP contribution in [0.5, 0.6) is 5.75 Å². The van der Waals surface area contributed by atoms with E-state index in [9.17, 15) is 14.5 Å². The number of aliphatic hydroxyl groups is 1. The number of alkyl halides is 2. The number of aromatic nitrogens is 4. The van der Waals surface area contributed by atoms with Gasteiger partial charge in [0, 0.05) is 0 Å². The summed E-state index contributed by atoms with van der Waals surface area (Å²) >= 11 is 6.07. The SMILES string of the molecule is CC(C)OC(=O)[C@H](C)N[P@@](=O)(OC[C@H]1O[C@@H](n2cnc3c(N)ncnc32)[C@](F)(Cl)[C@@H]1O)Oc1ccccc1. The highest BCUT2D eigenvalue weighted by molar-refractivity contribution is 7.52. The highest BCUT2D eigenvalue weighted by Crippen LogP contribution is 2.49. The maximum absolute atomic E-state index is 15.5. The number of rotatable bonds is 10. The Kier molecular flexibility index (Phi) is 8.21. The second kappa shape index (κ2) is 11.1. The lowest BCUT2D eigenvalue weighted by atomic mass is 10.1. The van der Waals surface area contributed by atoms with Crippen LogP contribution in [0, 0.1) is 0 Å². The number of nitrogens with two attached hydrogens (primary N) is 1. The summed E-state index contributed by atoms with van der Waals surface area (Å²) in [6.07, 6.45) is -3.01. The minimum atomic E-state index is -4.30. The van der Waals surface area contributed by atoms with Gasteiger partial charge in [-0.15, -0.1) is 0 Å². The first kappa shape index (κ1) is 28.1. The molecule has 38 heavy (non-hydrogen) atoms. The van der Waals surface area contributed by atoms with Crippen molar-refractivity contribution in [3.05, 3.63) is 43.0 Å². The van der Waals surface area contributed by atoms with Gasteiger partial charge in [-0.3, -0.25) is 13.9 Å². The number of nitrogen functional groups attached to an aromatic ring is 1. The maximum atomic E-state index is 15.5. The van der Waals surface area contributed by atoms with Crippen molar-refractivity contribution in [1.29, 1.82) is 0 Å². The predicted molar refractivity (Wildman–Crippen MR) is 134 cm³/mol. The number of nitrogens with zero attached hydrogens (tertiary/aromatic N) is 4. The average Bonchev–Trinajstić information content (AvgIpc) is 3.37. The highest BCUT2D eigenvalue weighted by atomic mass is 35.5. The number of hydrogen-bond donors (Lipinski definition) is 3. The summed E-state index contributed by atoms with van der Waals surface area (Å²) in [5.74, 6) is -0.478. The number of ether oxygens (including phenoxy) is 2. The Hall–Kier alpha value is -2.87. The number of fused-ring (bicyclic) bond motifs is 1. The van der Waals surface area contributed by atoms with Crippen LogP contribution in [-0.2, 0) is 23.4 Å². The van der Waals surface area contributed by atoms with Crippen LogP contribution in [0.1, 0.15) is 27.0 Å². The number of hydrogen-bond acceptors (Lipinski definition) is 11. The zero-order valence-electron chi connectivity index (χ0n) is 20.6. The molecule has 1 aliphatic rings. The fourth-order valence-corrected chi connectivity index (χ4v) is 5.45. The molecule has 0 unspecified atom stereocenters. The second-order valence-corrected chi connectivity index (χ2v) is 11.0. The molecule has 1 fully saturated rings. The molecule has 3 aromatic rings. The standard InChI is InChI=1S/C22H27ClFN6O7P/c1-12(2)35-20(32)13(3)29-38(33,37-14-7-5-4-6-8-14)34-9-15-17(31)22(23,24)21(36-15)30-11-28-16-18(25)26-10-27-19(16)30/h4-8,10-13,15,17,21,31H,9H2,1-3H3,(H,29,33)(H2,25,26,27)/t13-,15+,17+,21+,22-,38+/m0/s1. The number of carbonyl (C=O) groups excluding carboxylic acids is 1. The van der Waals surface area contributed by atoms with E-state index in [1.165, 1.54) is 25.4 Å². The molecule has 4 rings (SSSR count). The van der Waals surface area contributed by atoms with E-state index in [0.717, 1.165) is 10.9 Å². The summed E-state index contributed by atoms with van der Waals surface area (Å²) < 4.78 is 52.2. The van der Waals surface area contributed by atoms with E-state index in [1.54, 1.807) is 32.0 Å². The van der Waals surface area contributed by atoms with Crippen LogP contribution < -0.4 is 15.3 Å². The van der Waals surface area contributed by atoms with Crippen LogP contribution in [0.3, 0.4) is 0 Å². The monoisotopic (exact) mass is 572 g/mol. The summed E-state index contributed by atoms with van der Waals surface area (Å²) in [5, 5.41) is 10.3. The molecule has 1 aromatic carbocycles. The van der Waals surface area contributed by atoms with E-state index in [0.29, 0.717) is 0 Å². The lowest BCUT2D eigenvalue weighted by molar-refractivity contribution is -0.149. The quantitative estimate of drug-likeness (QED) is 0.184. The third-order valence-electron chi connectivity index (χ3n) is 5.45. The average molecular weight is 573 g/mol. The fraction of sp³-hybridized carbons (Fsp3) is 0.455. The highest BCUT2D eigenvalue weighted by Gasteiger charge is 2.58. The van der Waals surface area contributed by atoms with Crippen molar-refractivity contribution in [2.24, 2.45) is 0 Å². The molecule has 1 aliphatic heterocycles. The Balaban J connectivity index is 1.54. The predicted octanol–water partition coefficient (Wildman–Crippen LogP) is 2.70. The van der Waals surface area contributed by atoms with E-state index in [1.807, 2.05) is 0 Å². The van der Waals surface area contributed by atoms with E-state index in [2.05, 4.69) is 20.0 Å². The van der Waals surface area contributed by atoms with Crippen molar-refractivity contribution >= 4 is 42.3 Å². The zero-order chi connectivity index (χ0) is 27.7. The molecule has 206 valence electrons. The summed E-state index contributed by atoms with van der Waals surface area (Å²) in [6, 6.07) is 6.94. The minimum Gasteiger partial charge on any atom is -0.462 e. The van der Waals surface area contributed by atoms with Crippen molar-refractivity contribution in [2.75, 3.05) is 12.3 Å². The molecule has 0 saturated carbocycles. The van der Waals surface area contributed by atoms with Crippen LogP contribution in [0.15, 0.2) is 43.0 Å². The number of imidazole rings is 1. The number of halogens is 2. The smallest absolute Gasteiger partial charge is 0.459 e. The Labute approximate surface area is 222 Å². The number of carbonyl (C=O) groups is 1. The van der Waals surface area contributed by atoms with Gasteiger partial charge >= 0.3 is 13.7 Å². The largest absolute Gasteiger partial charge is 0.462 e. The fourth-order valence-electron chi connectivity index (χ4n) is 3.65. The number of nitrogens with one attached hydrogen (secondary N) is 1. The van der Waals surface area contributed by atoms with Gasteiger partial charge in [-0.05, 0) is 32.9 Å².